The number of carbonyl (C=O) groups is 1. The van der Waals surface area contributed by atoms with E-state index in [-0.39, 0.29) is 22.4 Å². The fourth-order valence-electron chi connectivity index (χ4n) is 1.03. The first-order valence-electron chi connectivity index (χ1n) is 4.51. The molecule has 2 aromatic rings. The van der Waals surface area contributed by atoms with Crippen molar-refractivity contribution in [2.24, 2.45) is 0 Å². The minimum Gasteiger partial charge on any atom is -0.289 e. The maximum absolute atomic E-state index is 11.6. The highest BCUT2D eigenvalue weighted by Gasteiger charge is 2.09. The summed E-state index contributed by atoms with van der Waals surface area (Å²) >= 11 is 5.63. The summed E-state index contributed by atoms with van der Waals surface area (Å²) in [5.41, 5.74) is -0.339. The monoisotopic (exact) mass is 251 g/mol. The molecule has 0 unspecified atom stereocenters. The Labute approximate surface area is 99.9 Å². The van der Waals surface area contributed by atoms with Gasteiger partial charge in [-0.2, -0.15) is 5.10 Å². The van der Waals surface area contributed by atoms with Gasteiger partial charge in [-0.05, 0) is 12.1 Å². The first-order chi connectivity index (χ1) is 8.15. The maximum atomic E-state index is 11.6. The van der Waals surface area contributed by atoms with E-state index in [1.807, 2.05) is 0 Å². The SMILES string of the molecule is O=C(Nc1nccc(Cl)n1)c1ccc(=O)[nH]n1. The van der Waals surface area contributed by atoms with Crippen molar-refractivity contribution in [2.75, 3.05) is 5.32 Å². The van der Waals surface area contributed by atoms with Gasteiger partial charge in [-0.1, -0.05) is 11.6 Å². The van der Waals surface area contributed by atoms with Crippen LogP contribution in [0.2, 0.25) is 5.15 Å². The van der Waals surface area contributed by atoms with Gasteiger partial charge in [-0.15, -0.1) is 0 Å². The Morgan fingerprint density at radius 1 is 1.35 bits per heavy atom. The lowest BCUT2D eigenvalue weighted by molar-refractivity contribution is 0.102. The predicted octanol–water partition coefficient (Wildman–Crippen LogP) is 0.466. The van der Waals surface area contributed by atoms with Gasteiger partial charge >= 0.3 is 0 Å². The van der Waals surface area contributed by atoms with E-state index in [9.17, 15) is 9.59 Å². The second-order valence-electron chi connectivity index (χ2n) is 2.96. The van der Waals surface area contributed by atoms with Crippen molar-refractivity contribution < 1.29 is 4.79 Å². The van der Waals surface area contributed by atoms with E-state index in [0.29, 0.717) is 0 Å². The molecule has 0 spiro atoms. The first kappa shape index (κ1) is 11.2. The zero-order valence-corrected chi connectivity index (χ0v) is 9.10. The zero-order chi connectivity index (χ0) is 12.3. The van der Waals surface area contributed by atoms with Crippen LogP contribution in [0.15, 0.2) is 29.2 Å². The molecule has 2 N–H and O–H groups in total. The number of anilines is 1. The molecule has 0 bridgehead atoms. The van der Waals surface area contributed by atoms with Gasteiger partial charge in [0, 0.05) is 12.3 Å². The fraction of sp³-hybridized carbons (Fsp3) is 0. The molecule has 2 aromatic heterocycles. The highest BCUT2D eigenvalue weighted by molar-refractivity contribution is 6.29. The van der Waals surface area contributed by atoms with E-state index in [4.69, 9.17) is 11.6 Å². The van der Waals surface area contributed by atoms with Crippen LogP contribution in [-0.4, -0.2) is 26.1 Å². The van der Waals surface area contributed by atoms with Gasteiger partial charge in [0.15, 0.2) is 0 Å². The van der Waals surface area contributed by atoms with Crippen LogP contribution in [0.4, 0.5) is 5.95 Å². The van der Waals surface area contributed by atoms with Gasteiger partial charge < -0.3 is 0 Å². The highest BCUT2D eigenvalue weighted by Crippen LogP contribution is 2.06. The van der Waals surface area contributed by atoms with Crippen LogP contribution in [0, 0.1) is 0 Å². The third kappa shape index (κ3) is 2.85. The van der Waals surface area contributed by atoms with E-state index >= 15 is 0 Å². The maximum Gasteiger partial charge on any atom is 0.278 e. The number of halogens is 1. The average Bonchev–Trinajstić information content (AvgIpc) is 2.29. The molecule has 0 radical (unpaired) electrons. The quantitative estimate of drug-likeness (QED) is 0.756. The van der Waals surface area contributed by atoms with Crippen LogP contribution in [0.25, 0.3) is 0 Å². The number of amides is 1. The fourth-order valence-corrected chi connectivity index (χ4v) is 1.17. The van der Waals surface area contributed by atoms with Gasteiger partial charge in [0.25, 0.3) is 11.5 Å². The minimum absolute atomic E-state index is 0.0492. The van der Waals surface area contributed by atoms with Crippen molar-refractivity contribution >= 4 is 23.5 Å². The lowest BCUT2D eigenvalue weighted by Crippen LogP contribution is -2.18. The highest BCUT2D eigenvalue weighted by atomic mass is 35.5. The molecule has 0 aliphatic heterocycles. The molecular formula is C9H6ClN5O2. The van der Waals surface area contributed by atoms with Gasteiger partial charge in [-0.25, -0.2) is 15.1 Å². The van der Waals surface area contributed by atoms with Crippen molar-refractivity contribution in [2.45, 2.75) is 0 Å². The Hall–Kier alpha value is -2.28. The topological polar surface area (TPSA) is 101 Å². The van der Waals surface area contributed by atoms with Crippen LogP contribution in [0.3, 0.4) is 0 Å². The van der Waals surface area contributed by atoms with Crippen LogP contribution >= 0.6 is 11.6 Å². The predicted molar refractivity (Wildman–Crippen MR) is 59.9 cm³/mol. The normalized spacial score (nSPS) is 9.94. The average molecular weight is 252 g/mol. The molecule has 0 fully saturated rings. The number of nitrogens with zero attached hydrogens (tertiary/aromatic N) is 3. The number of hydrogen-bond donors (Lipinski definition) is 2. The van der Waals surface area contributed by atoms with E-state index in [2.05, 4.69) is 25.5 Å². The van der Waals surface area contributed by atoms with Crippen molar-refractivity contribution in [3.8, 4) is 0 Å². The number of aromatic amines is 1. The molecule has 1 amide bonds. The summed E-state index contributed by atoms with van der Waals surface area (Å²) < 4.78 is 0. The molecule has 2 rings (SSSR count). The Morgan fingerprint density at radius 3 is 2.82 bits per heavy atom. The molecule has 0 atom stereocenters. The Bertz CT molecular complexity index is 592. The van der Waals surface area contributed by atoms with Crippen molar-refractivity contribution in [1.82, 2.24) is 20.2 Å². The van der Waals surface area contributed by atoms with E-state index < -0.39 is 5.91 Å². The summed E-state index contributed by atoms with van der Waals surface area (Å²) in [7, 11) is 0. The van der Waals surface area contributed by atoms with Gasteiger partial charge in [0.05, 0.1) is 0 Å². The molecular weight excluding hydrogens is 246 g/mol. The standard InChI is InChI=1S/C9H6ClN5O2/c10-6-3-4-11-9(12-6)13-8(17)5-1-2-7(16)15-14-5/h1-4H,(H,15,16)(H,11,12,13,17). The summed E-state index contributed by atoms with van der Waals surface area (Å²) in [5, 5.41) is 8.30. The second-order valence-corrected chi connectivity index (χ2v) is 3.35. The summed E-state index contributed by atoms with van der Waals surface area (Å²) in [4.78, 5) is 29.9. The molecule has 0 aliphatic rings. The smallest absolute Gasteiger partial charge is 0.278 e. The number of hydrogen-bond acceptors (Lipinski definition) is 5. The Morgan fingerprint density at radius 2 is 2.18 bits per heavy atom. The van der Waals surface area contributed by atoms with E-state index in [1.165, 1.54) is 24.4 Å². The lowest BCUT2D eigenvalue weighted by Gasteiger charge is -2.01. The summed E-state index contributed by atoms with van der Waals surface area (Å²) in [5.74, 6) is -0.473. The number of aromatic nitrogens is 4. The molecule has 2 heterocycles. The van der Waals surface area contributed by atoms with Gasteiger partial charge in [0.2, 0.25) is 5.95 Å². The second kappa shape index (κ2) is 4.71. The third-order valence-corrected chi connectivity index (χ3v) is 1.97. The van der Waals surface area contributed by atoms with Crippen molar-refractivity contribution in [3.05, 3.63) is 45.6 Å². The summed E-state index contributed by atoms with van der Waals surface area (Å²) in [6, 6.07) is 3.97. The molecule has 17 heavy (non-hydrogen) atoms. The lowest BCUT2D eigenvalue weighted by atomic mass is 10.4. The number of rotatable bonds is 2. The number of H-pyrrole nitrogens is 1. The van der Waals surface area contributed by atoms with Gasteiger partial charge in [-0.3, -0.25) is 14.9 Å². The van der Waals surface area contributed by atoms with E-state index in [0.717, 1.165) is 0 Å². The van der Waals surface area contributed by atoms with Crippen LogP contribution < -0.4 is 10.9 Å². The Kier molecular flexibility index (Phi) is 3.10. The van der Waals surface area contributed by atoms with Crippen LogP contribution in [-0.2, 0) is 0 Å². The molecule has 0 saturated carbocycles. The third-order valence-electron chi connectivity index (χ3n) is 1.76. The van der Waals surface area contributed by atoms with Crippen LogP contribution in [0.5, 0.6) is 0 Å². The molecule has 0 saturated heterocycles. The number of nitrogens with one attached hydrogen (secondary N) is 2. The van der Waals surface area contributed by atoms with Crippen molar-refractivity contribution in [1.29, 1.82) is 0 Å². The molecule has 0 aliphatic carbocycles. The summed E-state index contributed by atoms with van der Waals surface area (Å²) in [6.45, 7) is 0. The van der Waals surface area contributed by atoms with E-state index in [1.54, 1.807) is 0 Å². The van der Waals surface area contributed by atoms with Crippen molar-refractivity contribution in [3.63, 3.8) is 0 Å². The molecule has 8 heteroatoms. The minimum atomic E-state index is -0.538. The van der Waals surface area contributed by atoms with Gasteiger partial charge in [0.1, 0.15) is 10.8 Å². The van der Waals surface area contributed by atoms with Crippen LogP contribution in [0.1, 0.15) is 10.5 Å². The largest absolute Gasteiger partial charge is 0.289 e. The molecule has 0 aromatic carbocycles. The number of carbonyl (C=O) groups excluding carboxylic acids is 1. The molecule has 86 valence electrons. The summed E-state index contributed by atoms with van der Waals surface area (Å²) in [6.07, 6.45) is 1.41. The zero-order valence-electron chi connectivity index (χ0n) is 8.35. The molecule has 7 nitrogen and oxygen atoms in total. The Balaban J connectivity index is 2.17. The first-order valence-corrected chi connectivity index (χ1v) is 4.88.